The molecule has 0 unspecified atom stereocenters. The molecule has 2 aromatic rings. The van der Waals surface area contributed by atoms with Gasteiger partial charge < -0.3 is 21.5 Å². The van der Waals surface area contributed by atoms with Gasteiger partial charge in [0.2, 0.25) is 0 Å². The van der Waals surface area contributed by atoms with Crippen LogP contribution in [0, 0.1) is 11.7 Å². The van der Waals surface area contributed by atoms with E-state index in [4.69, 9.17) is 17.3 Å². The number of urea groups is 1. The van der Waals surface area contributed by atoms with Gasteiger partial charge in [-0.1, -0.05) is 35.9 Å². The number of nitrogens with zero attached hydrogens (tertiary/aromatic N) is 1. The molecule has 228 valence electrons. The molecule has 0 atom stereocenters. The van der Waals surface area contributed by atoms with E-state index in [9.17, 15) is 40.6 Å². The van der Waals surface area contributed by atoms with Gasteiger partial charge >= 0.3 is 18.4 Å². The second kappa shape index (κ2) is 12.3. The van der Waals surface area contributed by atoms with Crippen molar-refractivity contribution in [2.45, 2.75) is 63.1 Å². The van der Waals surface area contributed by atoms with Crippen LogP contribution in [0.4, 0.5) is 41.2 Å². The van der Waals surface area contributed by atoms with Crippen molar-refractivity contribution >= 4 is 23.3 Å². The summed E-state index contributed by atoms with van der Waals surface area (Å²) < 4.78 is 93.3. The van der Waals surface area contributed by atoms with E-state index in [1.807, 2.05) is 4.90 Å². The molecule has 1 aliphatic heterocycles. The predicted octanol–water partition coefficient (Wildman–Crippen LogP) is 6.10. The Morgan fingerprint density at radius 2 is 1.61 bits per heavy atom. The van der Waals surface area contributed by atoms with E-state index < -0.39 is 40.9 Å². The summed E-state index contributed by atoms with van der Waals surface area (Å²) in [6.07, 6.45) is -9.98. The third-order valence-electron chi connectivity index (χ3n) is 6.90. The summed E-state index contributed by atoms with van der Waals surface area (Å²) >= 11 is 6.36. The third kappa shape index (κ3) is 8.24. The van der Waals surface area contributed by atoms with Crippen molar-refractivity contribution in [2.75, 3.05) is 25.0 Å². The van der Waals surface area contributed by atoms with E-state index in [0.29, 0.717) is 67.2 Å². The number of benzene rings is 2. The maximum atomic E-state index is 14.7. The van der Waals surface area contributed by atoms with Crippen LogP contribution in [0.1, 0.15) is 43.4 Å². The Hall–Kier alpha value is -2.61. The summed E-state index contributed by atoms with van der Waals surface area (Å²) in [6, 6.07) is 5.56. The van der Waals surface area contributed by atoms with Crippen molar-refractivity contribution in [3.63, 3.8) is 0 Å². The molecule has 0 aromatic heterocycles. The molecule has 14 heteroatoms. The molecule has 1 heterocycles. The van der Waals surface area contributed by atoms with Crippen molar-refractivity contribution in [3.8, 4) is 0 Å². The number of carbonyl (C=O) groups is 1. The fourth-order valence-corrected chi connectivity index (χ4v) is 4.81. The van der Waals surface area contributed by atoms with E-state index >= 15 is 0 Å². The highest BCUT2D eigenvalue weighted by molar-refractivity contribution is 6.31. The van der Waals surface area contributed by atoms with Gasteiger partial charge in [0, 0.05) is 29.2 Å². The van der Waals surface area contributed by atoms with Crippen LogP contribution in [0.25, 0.3) is 0 Å². The zero-order chi connectivity index (χ0) is 30.8. The third-order valence-corrected chi connectivity index (χ3v) is 7.25. The molecule has 0 aliphatic carbocycles. The molecule has 0 saturated carbocycles. The molecule has 1 fully saturated rings. The number of amides is 2. The molecule has 3 rings (SSSR count). The lowest BCUT2D eigenvalue weighted by Gasteiger charge is -2.33. The SMILES string of the molecule is CC(C)(N)CNC(=O)Nc1cc(Cl)c(CC2CCN(Cc3ccc(C(O)(C(F)(F)F)C(F)(F)F)cc3)CC2)cc1F. The van der Waals surface area contributed by atoms with Crippen LogP contribution in [0.15, 0.2) is 36.4 Å². The number of nitrogens with two attached hydrogens (primary N) is 1. The Bertz CT molecular complexity index is 1190. The Morgan fingerprint density at radius 3 is 2.12 bits per heavy atom. The van der Waals surface area contributed by atoms with Gasteiger partial charge in [-0.2, -0.15) is 26.3 Å². The molecule has 6 nitrogen and oxygen atoms in total. The molecule has 41 heavy (non-hydrogen) atoms. The van der Waals surface area contributed by atoms with Crippen LogP contribution in [-0.2, 0) is 18.6 Å². The molecule has 0 spiro atoms. The van der Waals surface area contributed by atoms with Crippen LogP contribution in [0.3, 0.4) is 0 Å². The summed E-state index contributed by atoms with van der Waals surface area (Å²) in [5.41, 5.74) is -0.0884. The molecule has 1 saturated heterocycles. The van der Waals surface area contributed by atoms with Gasteiger partial charge in [-0.25, -0.2) is 9.18 Å². The average molecular weight is 613 g/mol. The average Bonchev–Trinajstić information content (AvgIpc) is 2.85. The predicted molar refractivity (Wildman–Crippen MR) is 141 cm³/mol. The highest BCUT2D eigenvalue weighted by Gasteiger charge is 2.71. The van der Waals surface area contributed by atoms with E-state index in [1.165, 1.54) is 12.1 Å². The first kappa shape index (κ1) is 32.9. The number of halogens is 8. The van der Waals surface area contributed by atoms with Crippen LogP contribution < -0.4 is 16.4 Å². The fourth-order valence-electron chi connectivity index (χ4n) is 4.57. The van der Waals surface area contributed by atoms with Gasteiger partial charge in [0.1, 0.15) is 5.82 Å². The first-order valence-electron chi connectivity index (χ1n) is 12.8. The summed E-state index contributed by atoms with van der Waals surface area (Å²) in [5, 5.41) is 14.8. The van der Waals surface area contributed by atoms with Crippen molar-refractivity contribution in [1.82, 2.24) is 10.2 Å². The minimum Gasteiger partial charge on any atom is -0.369 e. The van der Waals surface area contributed by atoms with Gasteiger partial charge in [-0.15, -0.1) is 0 Å². The van der Waals surface area contributed by atoms with Crippen molar-refractivity contribution < 1.29 is 40.6 Å². The van der Waals surface area contributed by atoms with Gasteiger partial charge in [0.25, 0.3) is 5.60 Å². The number of nitrogens with one attached hydrogen (secondary N) is 2. The number of alkyl halides is 6. The maximum Gasteiger partial charge on any atom is 0.430 e. The highest BCUT2D eigenvalue weighted by atomic mass is 35.5. The zero-order valence-corrected chi connectivity index (χ0v) is 23.2. The number of likely N-dealkylation sites (tertiary alicyclic amines) is 1. The summed E-state index contributed by atoms with van der Waals surface area (Å²) in [5.74, 6) is -0.483. The monoisotopic (exact) mass is 612 g/mol. The standard InChI is InChI=1S/C27H32ClF7N4O2/c1-24(2,36)15-37-23(40)38-22-13-20(28)18(12-21(22)29)11-16-7-9-39(10-8-16)14-17-3-5-19(6-4-17)25(41,26(30,31)32)27(33,34)35/h3-6,12-13,16,41H,7-11,14-15,36H2,1-2H3,(H2,37,38,40). The van der Waals surface area contributed by atoms with Crippen molar-refractivity contribution in [1.29, 1.82) is 0 Å². The summed E-state index contributed by atoms with van der Waals surface area (Å²) in [7, 11) is 0. The number of rotatable bonds is 8. The summed E-state index contributed by atoms with van der Waals surface area (Å²) in [4.78, 5) is 14.0. The van der Waals surface area contributed by atoms with Gasteiger partial charge in [0.05, 0.1) is 5.69 Å². The second-order valence-electron chi connectivity index (χ2n) is 11.0. The van der Waals surface area contributed by atoms with Crippen molar-refractivity contribution in [2.24, 2.45) is 11.7 Å². The Labute approximate surface area is 238 Å². The zero-order valence-electron chi connectivity index (χ0n) is 22.4. The topological polar surface area (TPSA) is 90.6 Å². The van der Waals surface area contributed by atoms with Gasteiger partial charge in [0.15, 0.2) is 0 Å². The minimum absolute atomic E-state index is 0.0733. The molecular formula is C27H32ClF7N4O2. The smallest absolute Gasteiger partial charge is 0.369 e. The number of aliphatic hydroxyl groups is 1. The second-order valence-corrected chi connectivity index (χ2v) is 11.5. The molecule has 5 N–H and O–H groups in total. The minimum atomic E-state index is -5.94. The number of piperidine rings is 1. The Balaban J connectivity index is 1.55. The van der Waals surface area contributed by atoms with E-state index in [1.54, 1.807) is 13.8 Å². The van der Waals surface area contributed by atoms with Gasteiger partial charge in [-0.05, 0) is 75.4 Å². The molecule has 2 amide bonds. The van der Waals surface area contributed by atoms with Crippen LogP contribution in [0.2, 0.25) is 5.02 Å². The quantitative estimate of drug-likeness (QED) is 0.271. The first-order chi connectivity index (χ1) is 18.8. The maximum absolute atomic E-state index is 14.7. The highest BCUT2D eigenvalue weighted by Crippen LogP contribution is 2.50. The lowest BCUT2D eigenvalue weighted by atomic mass is 9.89. The number of hydrogen-bond acceptors (Lipinski definition) is 4. The Morgan fingerprint density at radius 1 is 1.05 bits per heavy atom. The molecule has 2 aromatic carbocycles. The molecular weight excluding hydrogens is 581 g/mol. The molecule has 1 aliphatic rings. The largest absolute Gasteiger partial charge is 0.430 e. The molecule has 0 bridgehead atoms. The van der Waals surface area contributed by atoms with Crippen LogP contribution in [0.5, 0.6) is 0 Å². The normalized spacial score (nSPS) is 16.1. The van der Waals surface area contributed by atoms with E-state index in [2.05, 4.69) is 10.6 Å². The van der Waals surface area contributed by atoms with Crippen LogP contribution in [-0.4, -0.2) is 53.6 Å². The lowest BCUT2D eigenvalue weighted by molar-refractivity contribution is -0.376. The van der Waals surface area contributed by atoms with Crippen LogP contribution >= 0.6 is 11.6 Å². The number of anilines is 1. The molecule has 0 radical (unpaired) electrons. The number of hydrogen-bond donors (Lipinski definition) is 4. The summed E-state index contributed by atoms with van der Waals surface area (Å²) in [6.45, 7) is 5.12. The van der Waals surface area contributed by atoms with Gasteiger partial charge in [-0.3, -0.25) is 4.90 Å². The lowest BCUT2D eigenvalue weighted by Crippen LogP contribution is -2.53. The van der Waals surface area contributed by atoms with Crippen molar-refractivity contribution in [3.05, 3.63) is 63.9 Å². The Kier molecular flexibility index (Phi) is 9.89. The van der Waals surface area contributed by atoms with E-state index in [0.717, 1.165) is 12.1 Å². The number of carbonyl (C=O) groups excluding carboxylic acids is 1. The fraction of sp³-hybridized carbons (Fsp3) is 0.519. The first-order valence-corrected chi connectivity index (χ1v) is 13.2. The van der Waals surface area contributed by atoms with E-state index in [-0.39, 0.29) is 18.2 Å².